The van der Waals surface area contributed by atoms with Gasteiger partial charge in [0, 0.05) is 10.9 Å². The van der Waals surface area contributed by atoms with Crippen LogP contribution in [-0.4, -0.2) is 16.8 Å². The van der Waals surface area contributed by atoms with Gasteiger partial charge in [-0.3, -0.25) is 14.9 Å². The molecule has 2 N–H and O–H groups in total. The molecule has 28 heavy (non-hydrogen) atoms. The van der Waals surface area contributed by atoms with Gasteiger partial charge >= 0.3 is 0 Å². The molecule has 0 saturated carbocycles. The minimum atomic E-state index is -0.386. The minimum absolute atomic E-state index is 0.190. The molecule has 2 amide bonds. The lowest BCUT2D eigenvalue weighted by atomic mass is 10.2. The number of halogens is 1. The van der Waals surface area contributed by atoms with Crippen molar-refractivity contribution in [1.82, 2.24) is 4.98 Å². The molecule has 0 fully saturated rings. The van der Waals surface area contributed by atoms with Crippen molar-refractivity contribution >= 4 is 44.6 Å². The molecule has 0 aliphatic rings. The van der Waals surface area contributed by atoms with E-state index < -0.39 is 0 Å². The summed E-state index contributed by atoms with van der Waals surface area (Å²) in [5.41, 5.74) is 1.41. The Hall–Kier alpha value is -3.30. The monoisotopic (exact) mass is 413 g/mol. The average Bonchev–Trinajstić information content (AvgIpc) is 3.44. The second-order valence-electron chi connectivity index (χ2n) is 5.59. The van der Waals surface area contributed by atoms with E-state index in [1.54, 1.807) is 41.8 Å². The van der Waals surface area contributed by atoms with Crippen molar-refractivity contribution in [2.45, 2.75) is 0 Å². The molecule has 0 unspecified atom stereocenters. The summed E-state index contributed by atoms with van der Waals surface area (Å²) >= 11 is 2.41. The first-order valence-electron chi connectivity index (χ1n) is 8.06. The number of benzene rings is 1. The van der Waals surface area contributed by atoms with Gasteiger partial charge in [0.15, 0.2) is 10.9 Å². The smallest absolute Gasteiger partial charge is 0.291 e. The summed E-state index contributed by atoms with van der Waals surface area (Å²) in [6.07, 6.45) is 1.41. The van der Waals surface area contributed by atoms with E-state index in [0.29, 0.717) is 20.7 Å². The number of thiophene rings is 1. The molecule has 4 rings (SSSR count). The number of hydrogen-bond acceptors (Lipinski definition) is 6. The van der Waals surface area contributed by atoms with Gasteiger partial charge in [0.1, 0.15) is 5.82 Å². The molecule has 0 radical (unpaired) electrons. The van der Waals surface area contributed by atoms with E-state index in [4.69, 9.17) is 4.42 Å². The second-order valence-corrected chi connectivity index (χ2v) is 7.54. The minimum Gasteiger partial charge on any atom is -0.459 e. The highest BCUT2D eigenvalue weighted by Gasteiger charge is 2.15. The van der Waals surface area contributed by atoms with Gasteiger partial charge < -0.3 is 9.73 Å². The summed E-state index contributed by atoms with van der Waals surface area (Å²) in [4.78, 5) is 29.2. The number of nitrogens with zero attached hydrogens (tertiary/aromatic N) is 1. The summed E-state index contributed by atoms with van der Waals surface area (Å²) in [6.45, 7) is 0. The fourth-order valence-electron chi connectivity index (χ4n) is 2.35. The highest BCUT2D eigenvalue weighted by molar-refractivity contribution is 7.18. The van der Waals surface area contributed by atoms with E-state index in [0.717, 1.165) is 16.9 Å². The maximum Gasteiger partial charge on any atom is 0.291 e. The molecule has 6 nitrogen and oxygen atoms in total. The quantitative estimate of drug-likeness (QED) is 0.476. The SMILES string of the molecule is O=C(Nc1ccc(C(=O)Nc2nc(-c3ccc(F)cc3)cs2)s1)c1ccco1. The summed E-state index contributed by atoms with van der Waals surface area (Å²) in [5, 5.41) is 8.14. The van der Waals surface area contributed by atoms with E-state index >= 15 is 0 Å². The Morgan fingerprint density at radius 1 is 1.00 bits per heavy atom. The first kappa shape index (κ1) is 18.1. The Labute approximate surface area is 166 Å². The zero-order valence-corrected chi connectivity index (χ0v) is 15.8. The molecule has 3 aromatic heterocycles. The van der Waals surface area contributed by atoms with Crippen molar-refractivity contribution in [1.29, 1.82) is 0 Å². The second kappa shape index (κ2) is 7.75. The van der Waals surface area contributed by atoms with Crippen LogP contribution in [0.15, 0.2) is 64.6 Å². The van der Waals surface area contributed by atoms with Crippen LogP contribution in [0.3, 0.4) is 0 Å². The van der Waals surface area contributed by atoms with Crippen LogP contribution in [0.25, 0.3) is 11.3 Å². The maximum absolute atomic E-state index is 13.0. The van der Waals surface area contributed by atoms with E-state index in [-0.39, 0.29) is 23.4 Å². The van der Waals surface area contributed by atoms with E-state index in [1.165, 1.54) is 29.7 Å². The van der Waals surface area contributed by atoms with Crippen LogP contribution in [-0.2, 0) is 0 Å². The Bertz CT molecular complexity index is 1120. The number of furan rings is 1. The highest BCUT2D eigenvalue weighted by Crippen LogP contribution is 2.27. The van der Waals surface area contributed by atoms with Gasteiger partial charge in [0.25, 0.3) is 11.8 Å². The van der Waals surface area contributed by atoms with Crippen molar-refractivity contribution < 1.29 is 18.4 Å². The van der Waals surface area contributed by atoms with Crippen LogP contribution in [0.1, 0.15) is 20.2 Å². The highest BCUT2D eigenvalue weighted by atomic mass is 32.1. The van der Waals surface area contributed by atoms with Gasteiger partial charge in [0.2, 0.25) is 0 Å². The molecular formula is C19H12FN3O3S2. The van der Waals surface area contributed by atoms with Gasteiger partial charge in [-0.1, -0.05) is 0 Å². The Kier molecular flexibility index (Phi) is 5.00. The van der Waals surface area contributed by atoms with Crippen LogP contribution < -0.4 is 10.6 Å². The van der Waals surface area contributed by atoms with Gasteiger partial charge in [-0.2, -0.15) is 0 Å². The summed E-state index contributed by atoms with van der Waals surface area (Å²) in [5.74, 6) is -0.846. The number of nitrogens with one attached hydrogen (secondary N) is 2. The van der Waals surface area contributed by atoms with Crippen LogP contribution in [0.5, 0.6) is 0 Å². The predicted molar refractivity (Wildman–Crippen MR) is 106 cm³/mol. The van der Waals surface area contributed by atoms with E-state index in [9.17, 15) is 14.0 Å². The molecule has 0 bridgehead atoms. The lowest BCUT2D eigenvalue weighted by Crippen LogP contribution is -2.10. The van der Waals surface area contributed by atoms with Crippen LogP contribution >= 0.6 is 22.7 Å². The average molecular weight is 413 g/mol. The molecule has 9 heteroatoms. The molecule has 0 saturated heterocycles. The van der Waals surface area contributed by atoms with Crippen molar-refractivity contribution in [3.05, 3.63) is 76.6 Å². The number of carbonyl (C=O) groups is 2. The number of aromatic nitrogens is 1. The number of rotatable bonds is 5. The maximum atomic E-state index is 13.0. The first-order valence-corrected chi connectivity index (χ1v) is 9.75. The summed E-state index contributed by atoms with van der Waals surface area (Å²) < 4.78 is 18.1. The predicted octanol–water partition coefficient (Wildman–Crippen LogP) is 5.11. The number of carbonyl (C=O) groups excluding carboxylic acids is 2. The third-order valence-corrected chi connectivity index (χ3v) is 5.43. The molecule has 4 aromatic rings. The Balaban J connectivity index is 1.41. The van der Waals surface area contributed by atoms with E-state index in [2.05, 4.69) is 15.6 Å². The first-order chi connectivity index (χ1) is 13.6. The topological polar surface area (TPSA) is 84.2 Å². The fraction of sp³-hybridized carbons (Fsp3) is 0. The molecule has 140 valence electrons. The van der Waals surface area contributed by atoms with Crippen LogP contribution in [0.4, 0.5) is 14.5 Å². The summed E-state index contributed by atoms with van der Waals surface area (Å²) in [6, 6.07) is 12.4. The summed E-state index contributed by atoms with van der Waals surface area (Å²) in [7, 11) is 0. The lowest BCUT2D eigenvalue weighted by molar-refractivity contribution is 0.0995. The van der Waals surface area contributed by atoms with Crippen LogP contribution in [0, 0.1) is 5.82 Å². The van der Waals surface area contributed by atoms with E-state index in [1.807, 2.05) is 0 Å². The molecule has 3 heterocycles. The largest absolute Gasteiger partial charge is 0.459 e. The number of thiazole rings is 1. The standard InChI is InChI=1S/C19H12FN3O3S2/c20-12-5-3-11(4-6-12)13-10-27-19(21-13)23-18(25)15-7-8-16(28-15)22-17(24)14-2-1-9-26-14/h1-10H,(H,22,24)(H,21,23,25). The van der Waals surface area contributed by atoms with Gasteiger partial charge in [0.05, 0.1) is 21.8 Å². The molecule has 0 aliphatic heterocycles. The number of hydrogen-bond donors (Lipinski definition) is 2. The normalized spacial score (nSPS) is 10.6. The molecular weight excluding hydrogens is 401 g/mol. The third-order valence-electron chi connectivity index (χ3n) is 3.68. The molecule has 0 aliphatic carbocycles. The lowest BCUT2D eigenvalue weighted by Gasteiger charge is -2.00. The van der Waals surface area contributed by atoms with Crippen molar-refractivity contribution in [3.8, 4) is 11.3 Å². The van der Waals surface area contributed by atoms with Crippen molar-refractivity contribution in [2.24, 2.45) is 0 Å². The zero-order chi connectivity index (χ0) is 19.5. The zero-order valence-electron chi connectivity index (χ0n) is 14.1. The number of anilines is 2. The van der Waals surface area contributed by atoms with Gasteiger partial charge in [-0.25, -0.2) is 9.37 Å². The molecule has 1 aromatic carbocycles. The molecule has 0 atom stereocenters. The Morgan fingerprint density at radius 2 is 1.82 bits per heavy atom. The van der Waals surface area contributed by atoms with Gasteiger partial charge in [-0.15, -0.1) is 22.7 Å². The third kappa shape index (κ3) is 4.00. The fourth-order valence-corrected chi connectivity index (χ4v) is 3.86. The number of amides is 2. The molecule has 0 spiro atoms. The van der Waals surface area contributed by atoms with Crippen molar-refractivity contribution in [2.75, 3.05) is 10.6 Å². The Morgan fingerprint density at radius 3 is 2.57 bits per heavy atom. The van der Waals surface area contributed by atoms with Crippen LogP contribution in [0.2, 0.25) is 0 Å². The van der Waals surface area contributed by atoms with Gasteiger partial charge in [-0.05, 0) is 48.5 Å². The van der Waals surface area contributed by atoms with Crippen molar-refractivity contribution in [3.63, 3.8) is 0 Å².